The van der Waals surface area contributed by atoms with E-state index in [0.29, 0.717) is 12.1 Å². The lowest BCUT2D eigenvalue weighted by molar-refractivity contribution is 0.0568. The molecule has 1 aliphatic heterocycles. The van der Waals surface area contributed by atoms with Crippen LogP contribution in [0.1, 0.15) is 27.5 Å². The van der Waals surface area contributed by atoms with Crippen molar-refractivity contribution >= 4 is 5.91 Å². The summed E-state index contributed by atoms with van der Waals surface area (Å²) < 4.78 is 0. The zero-order valence-electron chi connectivity index (χ0n) is 14.2. The Morgan fingerprint density at radius 2 is 2.00 bits per heavy atom. The van der Waals surface area contributed by atoms with Gasteiger partial charge in [-0.05, 0) is 35.7 Å². The number of amides is 1. The molecule has 5 heteroatoms. The summed E-state index contributed by atoms with van der Waals surface area (Å²) in [5, 5.41) is 9.92. The largest absolute Gasteiger partial charge is 0.394 e. The van der Waals surface area contributed by atoms with Gasteiger partial charge in [0.1, 0.15) is 0 Å². The van der Waals surface area contributed by atoms with Crippen molar-refractivity contribution < 1.29 is 9.90 Å². The summed E-state index contributed by atoms with van der Waals surface area (Å²) in [4.78, 5) is 23.4. The van der Waals surface area contributed by atoms with Gasteiger partial charge in [0.15, 0.2) is 0 Å². The zero-order chi connectivity index (χ0) is 17.9. The topological polar surface area (TPSA) is 66.3 Å². The quantitative estimate of drug-likeness (QED) is 0.793. The van der Waals surface area contributed by atoms with E-state index in [-0.39, 0.29) is 18.6 Å². The normalized spacial score (nSPS) is 16.2. The second kappa shape index (κ2) is 7.06. The number of aliphatic hydroxyl groups is 1. The molecule has 0 aliphatic carbocycles. The Morgan fingerprint density at radius 3 is 2.81 bits per heavy atom. The molecule has 1 aromatic carbocycles. The maximum Gasteiger partial charge on any atom is 0.256 e. The lowest BCUT2D eigenvalue weighted by Crippen LogP contribution is -2.41. The van der Waals surface area contributed by atoms with Crippen molar-refractivity contribution in [3.8, 4) is 11.3 Å². The van der Waals surface area contributed by atoms with E-state index < -0.39 is 0 Å². The van der Waals surface area contributed by atoms with Gasteiger partial charge in [0.05, 0.1) is 23.9 Å². The predicted molar refractivity (Wildman–Crippen MR) is 98.5 cm³/mol. The van der Waals surface area contributed by atoms with Crippen LogP contribution in [0.25, 0.3) is 11.3 Å². The molecule has 26 heavy (non-hydrogen) atoms. The first-order valence-corrected chi connectivity index (χ1v) is 8.64. The summed E-state index contributed by atoms with van der Waals surface area (Å²) in [6.07, 6.45) is 5.77. The minimum atomic E-state index is -0.328. The number of pyridine rings is 2. The van der Waals surface area contributed by atoms with Gasteiger partial charge in [0, 0.05) is 30.7 Å². The van der Waals surface area contributed by atoms with E-state index in [2.05, 4.69) is 16.0 Å². The highest BCUT2D eigenvalue weighted by Crippen LogP contribution is 2.30. The highest BCUT2D eigenvalue weighted by Gasteiger charge is 2.30. The molecule has 130 valence electrons. The molecule has 1 amide bonds. The van der Waals surface area contributed by atoms with Crippen LogP contribution in [-0.4, -0.2) is 39.0 Å². The molecule has 0 fully saturated rings. The Balaban J connectivity index is 1.66. The van der Waals surface area contributed by atoms with Crippen molar-refractivity contribution in [2.75, 3.05) is 13.2 Å². The van der Waals surface area contributed by atoms with Crippen LogP contribution in [0.2, 0.25) is 0 Å². The van der Waals surface area contributed by atoms with Crippen molar-refractivity contribution in [3.63, 3.8) is 0 Å². The number of hydrogen-bond acceptors (Lipinski definition) is 4. The Labute approximate surface area is 152 Å². The van der Waals surface area contributed by atoms with Crippen molar-refractivity contribution in [1.29, 1.82) is 0 Å². The molecule has 1 aliphatic rings. The first kappa shape index (κ1) is 16.4. The molecular weight excluding hydrogens is 326 g/mol. The van der Waals surface area contributed by atoms with Gasteiger partial charge in [-0.1, -0.05) is 30.3 Å². The number of aromatic nitrogens is 2. The van der Waals surface area contributed by atoms with Crippen LogP contribution in [-0.2, 0) is 6.42 Å². The molecule has 1 N–H and O–H groups in total. The maximum absolute atomic E-state index is 13.1. The molecule has 3 aromatic rings. The summed E-state index contributed by atoms with van der Waals surface area (Å²) in [5.41, 5.74) is 4.29. The van der Waals surface area contributed by atoms with Crippen molar-refractivity contribution in [2.45, 2.75) is 12.5 Å². The molecule has 0 spiro atoms. The minimum Gasteiger partial charge on any atom is -0.394 e. The number of carbonyl (C=O) groups is 1. The summed E-state index contributed by atoms with van der Waals surface area (Å²) in [6, 6.07) is 15.1. The molecule has 0 radical (unpaired) electrons. The molecule has 1 atom stereocenters. The number of hydrogen-bond donors (Lipinski definition) is 1. The van der Waals surface area contributed by atoms with Gasteiger partial charge in [0.25, 0.3) is 5.91 Å². The molecule has 5 nitrogen and oxygen atoms in total. The third kappa shape index (κ3) is 2.97. The van der Waals surface area contributed by atoms with Crippen molar-refractivity contribution in [3.05, 3.63) is 83.8 Å². The molecule has 2 aromatic heterocycles. The molecule has 3 heterocycles. The Hall–Kier alpha value is -3.05. The number of carbonyl (C=O) groups excluding carboxylic acids is 1. The van der Waals surface area contributed by atoms with Crippen LogP contribution in [0, 0.1) is 0 Å². The van der Waals surface area contributed by atoms with Crippen LogP contribution >= 0.6 is 0 Å². The molecule has 0 saturated heterocycles. The summed E-state index contributed by atoms with van der Waals surface area (Å²) in [6.45, 7) is 0.477. The van der Waals surface area contributed by atoms with E-state index in [1.54, 1.807) is 23.5 Å². The molecule has 4 rings (SSSR count). The Bertz CT molecular complexity index is 927. The smallest absolute Gasteiger partial charge is 0.256 e. The fourth-order valence-electron chi connectivity index (χ4n) is 3.49. The Kier molecular flexibility index (Phi) is 4.46. The zero-order valence-corrected chi connectivity index (χ0v) is 14.2. The van der Waals surface area contributed by atoms with Crippen LogP contribution < -0.4 is 0 Å². The monoisotopic (exact) mass is 345 g/mol. The van der Waals surface area contributed by atoms with E-state index in [9.17, 15) is 9.90 Å². The van der Waals surface area contributed by atoms with Gasteiger partial charge in [0.2, 0.25) is 0 Å². The third-order valence-electron chi connectivity index (χ3n) is 4.79. The lowest BCUT2D eigenvalue weighted by atomic mass is 9.92. The van der Waals surface area contributed by atoms with Crippen LogP contribution in [0.15, 0.2) is 67.1 Å². The van der Waals surface area contributed by atoms with Gasteiger partial charge in [-0.3, -0.25) is 14.8 Å². The van der Waals surface area contributed by atoms with E-state index in [4.69, 9.17) is 0 Å². The van der Waals surface area contributed by atoms with Gasteiger partial charge in [-0.2, -0.15) is 0 Å². The summed E-state index contributed by atoms with van der Waals surface area (Å²) in [5.74, 6) is -0.121. The number of rotatable bonds is 3. The molecule has 0 saturated carbocycles. The maximum atomic E-state index is 13.1. The second-order valence-corrected chi connectivity index (χ2v) is 6.32. The average Bonchev–Trinajstić information content (AvgIpc) is 2.73. The average molecular weight is 345 g/mol. The first-order chi connectivity index (χ1) is 12.8. The molecule has 1 unspecified atom stereocenters. The van der Waals surface area contributed by atoms with E-state index in [0.717, 1.165) is 23.2 Å². The van der Waals surface area contributed by atoms with Crippen molar-refractivity contribution in [2.24, 2.45) is 0 Å². The standard InChI is InChI=1S/C21H19N3O2/c25-14-20-18-6-2-1-5-15(18)8-10-24(20)21(26)17-11-16(12-22-13-17)19-7-3-4-9-23-19/h1-7,9,11-13,20,25H,8,10,14H2. The van der Waals surface area contributed by atoms with E-state index >= 15 is 0 Å². The fraction of sp³-hybridized carbons (Fsp3) is 0.190. The Morgan fingerprint density at radius 1 is 1.15 bits per heavy atom. The number of nitrogens with zero attached hydrogens (tertiary/aromatic N) is 3. The predicted octanol–water partition coefficient (Wildman–Crippen LogP) is 2.88. The second-order valence-electron chi connectivity index (χ2n) is 6.32. The van der Waals surface area contributed by atoms with Gasteiger partial charge < -0.3 is 10.0 Å². The van der Waals surface area contributed by atoms with Crippen LogP contribution in [0.4, 0.5) is 0 Å². The SMILES string of the molecule is O=C(c1cncc(-c2ccccn2)c1)N1CCc2ccccc2C1CO. The first-order valence-electron chi connectivity index (χ1n) is 8.64. The highest BCUT2D eigenvalue weighted by molar-refractivity contribution is 5.95. The number of fused-ring (bicyclic) bond motifs is 1. The fourth-order valence-corrected chi connectivity index (χ4v) is 3.49. The van der Waals surface area contributed by atoms with Gasteiger partial charge in [-0.15, -0.1) is 0 Å². The van der Waals surface area contributed by atoms with Crippen molar-refractivity contribution in [1.82, 2.24) is 14.9 Å². The third-order valence-corrected chi connectivity index (χ3v) is 4.79. The highest BCUT2D eigenvalue weighted by atomic mass is 16.3. The van der Waals surface area contributed by atoms with Crippen LogP contribution in [0.5, 0.6) is 0 Å². The van der Waals surface area contributed by atoms with Gasteiger partial charge in [-0.25, -0.2) is 0 Å². The molecule has 0 bridgehead atoms. The van der Waals surface area contributed by atoms with E-state index in [1.165, 1.54) is 5.56 Å². The lowest BCUT2D eigenvalue weighted by Gasteiger charge is -2.36. The van der Waals surface area contributed by atoms with Crippen LogP contribution in [0.3, 0.4) is 0 Å². The summed E-state index contributed by atoms with van der Waals surface area (Å²) >= 11 is 0. The minimum absolute atomic E-state index is 0.101. The molecular formula is C21H19N3O2. The van der Waals surface area contributed by atoms with E-state index in [1.807, 2.05) is 42.5 Å². The van der Waals surface area contributed by atoms with Gasteiger partial charge >= 0.3 is 0 Å². The summed E-state index contributed by atoms with van der Waals surface area (Å²) in [7, 11) is 0. The number of benzene rings is 1. The number of aliphatic hydroxyl groups excluding tert-OH is 1.